The van der Waals surface area contributed by atoms with E-state index in [1.807, 2.05) is 0 Å². The first-order chi connectivity index (χ1) is 17.0. The van der Waals surface area contributed by atoms with Crippen molar-refractivity contribution in [3.8, 4) is 0 Å². The lowest BCUT2D eigenvalue weighted by molar-refractivity contribution is -0.0390. The number of hydrogen-bond acceptors (Lipinski definition) is 0. The quantitative estimate of drug-likeness (QED) is 0.161. The molecular weight excluding hydrogens is 420 g/mol. The minimum atomic E-state index is 0.765. The van der Waals surface area contributed by atoms with Gasteiger partial charge in [0.25, 0.3) is 0 Å². The van der Waals surface area contributed by atoms with Crippen LogP contribution in [-0.2, 0) is 0 Å². The SMILES string of the molecule is CCC1(CC2C(C)C2CCCC2CCC2CCCCCCCCCCC2CC2)C2CC2C1C(C)C. The zero-order valence-electron chi connectivity index (χ0n) is 24.4. The van der Waals surface area contributed by atoms with Gasteiger partial charge >= 0.3 is 0 Å². The van der Waals surface area contributed by atoms with Gasteiger partial charge in [0.1, 0.15) is 0 Å². The molecule has 0 bridgehead atoms. The fraction of sp³-hybridized carbons (Fsp3) is 1.00. The summed E-state index contributed by atoms with van der Waals surface area (Å²) in [5.74, 6) is 10.9. The Labute approximate surface area is 220 Å². The third kappa shape index (κ3) is 6.19. The highest BCUT2D eigenvalue weighted by Crippen LogP contribution is 2.77. The normalized spacial score (nSPS) is 41.4. The molecule has 0 saturated heterocycles. The minimum Gasteiger partial charge on any atom is -0.0648 e. The summed E-state index contributed by atoms with van der Waals surface area (Å²) < 4.78 is 0. The van der Waals surface area contributed by atoms with Gasteiger partial charge in [-0.25, -0.2) is 0 Å². The molecule has 0 nitrogen and oxygen atoms in total. The molecule has 0 aliphatic heterocycles. The van der Waals surface area contributed by atoms with Crippen LogP contribution >= 0.6 is 0 Å². The van der Waals surface area contributed by atoms with Crippen molar-refractivity contribution < 1.29 is 0 Å². The van der Waals surface area contributed by atoms with Crippen LogP contribution in [0.2, 0.25) is 0 Å². The van der Waals surface area contributed by atoms with E-state index in [2.05, 4.69) is 27.7 Å². The minimum absolute atomic E-state index is 0.765. The Kier molecular flexibility index (Phi) is 8.97. The maximum Gasteiger partial charge on any atom is -0.0233 e. The van der Waals surface area contributed by atoms with Crippen LogP contribution in [0.5, 0.6) is 0 Å². The molecule has 9 unspecified atom stereocenters. The van der Waals surface area contributed by atoms with E-state index < -0.39 is 0 Å². The number of hydrogen-bond donors (Lipinski definition) is 0. The van der Waals surface area contributed by atoms with Crippen molar-refractivity contribution in [2.75, 3.05) is 0 Å². The average molecular weight is 483 g/mol. The summed E-state index contributed by atoms with van der Waals surface area (Å²) in [6, 6.07) is 0. The van der Waals surface area contributed by atoms with Crippen molar-refractivity contribution in [3.63, 3.8) is 0 Å². The van der Waals surface area contributed by atoms with Crippen LogP contribution in [0, 0.1) is 64.6 Å². The number of fused-ring (bicyclic) bond motifs is 1. The highest BCUT2D eigenvalue weighted by molar-refractivity contribution is 5.19. The van der Waals surface area contributed by atoms with Crippen LogP contribution in [-0.4, -0.2) is 0 Å². The van der Waals surface area contributed by atoms with Gasteiger partial charge in [0.15, 0.2) is 0 Å². The summed E-state index contributed by atoms with van der Waals surface area (Å²) in [6.45, 7) is 10.2. The molecule has 0 N–H and O–H groups in total. The predicted molar refractivity (Wildman–Crippen MR) is 152 cm³/mol. The Morgan fingerprint density at radius 3 is 1.86 bits per heavy atom. The molecule has 0 amide bonds. The van der Waals surface area contributed by atoms with Crippen molar-refractivity contribution >= 4 is 0 Å². The highest BCUT2D eigenvalue weighted by Gasteiger charge is 2.71. The van der Waals surface area contributed by atoms with Gasteiger partial charge in [-0.15, -0.1) is 0 Å². The fourth-order valence-corrected chi connectivity index (χ4v) is 10.1. The summed E-state index contributed by atoms with van der Waals surface area (Å²) in [7, 11) is 0. The summed E-state index contributed by atoms with van der Waals surface area (Å²) in [5.41, 5.74) is 0.765. The van der Waals surface area contributed by atoms with Crippen molar-refractivity contribution in [1.29, 1.82) is 0 Å². The van der Waals surface area contributed by atoms with Crippen LogP contribution in [0.3, 0.4) is 0 Å². The van der Waals surface area contributed by atoms with Gasteiger partial charge in [0.2, 0.25) is 0 Å². The van der Waals surface area contributed by atoms with E-state index in [-0.39, 0.29) is 0 Å². The standard InChI is InChI=1S/C35H62/c1-5-35(33-23-31(33)34(35)25(2)3)24-32-26(4)30(32)18-14-17-29-22-21-28(29)16-13-11-9-7-6-8-10-12-15-27-19-20-27/h25-34H,5-24H2,1-4H3. The van der Waals surface area contributed by atoms with Crippen LogP contribution in [0.25, 0.3) is 0 Å². The Bertz CT molecular complexity index is 642. The van der Waals surface area contributed by atoms with Crippen LogP contribution in [0.1, 0.15) is 156 Å². The summed E-state index contributed by atoms with van der Waals surface area (Å²) in [5, 5.41) is 0. The molecule has 9 atom stereocenters. The summed E-state index contributed by atoms with van der Waals surface area (Å²) in [4.78, 5) is 0. The first-order valence-electron chi connectivity index (χ1n) is 17.0. The summed E-state index contributed by atoms with van der Waals surface area (Å²) >= 11 is 0. The smallest absolute Gasteiger partial charge is 0.0233 e. The Balaban J connectivity index is 0.884. The average Bonchev–Trinajstić information content (AvgIpc) is 3.74. The van der Waals surface area contributed by atoms with E-state index in [1.165, 1.54) is 57.8 Å². The van der Waals surface area contributed by atoms with Crippen molar-refractivity contribution in [1.82, 2.24) is 0 Å². The summed E-state index contributed by atoms with van der Waals surface area (Å²) in [6.07, 6.45) is 30.8. The first kappa shape index (κ1) is 26.6. The maximum absolute atomic E-state index is 2.60. The Morgan fingerprint density at radius 1 is 0.686 bits per heavy atom. The zero-order chi connectivity index (χ0) is 24.4. The molecule has 0 aromatic rings. The van der Waals surface area contributed by atoms with Gasteiger partial charge in [-0.2, -0.15) is 0 Å². The van der Waals surface area contributed by atoms with Gasteiger partial charge in [-0.1, -0.05) is 118 Å². The molecule has 5 rings (SSSR count). The Morgan fingerprint density at radius 2 is 1.29 bits per heavy atom. The van der Waals surface area contributed by atoms with Gasteiger partial charge < -0.3 is 0 Å². The third-order valence-corrected chi connectivity index (χ3v) is 12.8. The van der Waals surface area contributed by atoms with Gasteiger partial charge in [-0.3, -0.25) is 0 Å². The molecular formula is C35H62. The van der Waals surface area contributed by atoms with Gasteiger partial charge in [0, 0.05) is 0 Å². The van der Waals surface area contributed by atoms with Crippen molar-refractivity contribution in [2.45, 2.75) is 156 Å². The lowest BCUT2D eigenvalue weighted by Gasteiger charge is -2.52. The second-order valence-corrected chi connectivity index (χ2v) is 15.1. The molecule has 5 fully saturated rings. The lowest BCUT2D eigenvalue weighted by atomic mass is 9.53. The monoisotopic (exact) mass is 482 g/mol. The molecule has 5 aliphatic rings. The van der Waals surface area contributed by atoms with E-state index in [4.69, 9.17) is 0 Å². The third-order valence-electron chi connectivity index (χ3n) is 12.8. The highest BCUT2D eigenvalue weighted by atomic mass is 14.8. The van der Waals surface area contributed by atoms with Gasteiger partial charge in [-0.05, 0) is 103 Å². The molecule has 5 saturated carbocycles. The van der Waals surface area contributed by atoms with E-state index in [0.29, 0.717) is 0 Å². The number of unbranched alkanes of at least 4 members (excludes halogenated alkanes) is 7. The van der Waals surface area contributed by atoms with Crippen LogP contribution in [0.4, 0.5) is 0 Å². The first-order valence-corrected chi connectivity index (χ1v) is 17.0. The zero-order valence-corrected chi connectivity index (χ0v) is 24.4. The molecule has 0 radical (unpaired) electrons. The molecule has 0 aromatic heterocycles. The van der Waals surface area contributed by atoms with E-state index in [1.54, 1.807) is 70.6 Å². The van der Waals surface area contributed by atoms with Crippen LogP contribution < -0.4 is 0 Å². The maximum atomic E-state index is 2.60. The van der Waals surface area contributed by atoms with E-state index >= 15 is 0 Å². The van der Waals surface area contributed by atoms with Crippen molar-refractivity contribution in [3.05, 3.63) is 0 Å². The molecule has 35 heavy (non-hydrogen) atoms. The van der Waals surface area contributed by atoms with Crippen molar-refractivity contribution in [2.24, 2.45) is 64.6 Å². The largest absolute Gasteiger partial charge is 0.0648 e. The lowest BCUT2D eigenvalue weighted by Crippen LogP contribution is -2.46. The molecule has 0 aromatic carbocycles. The topological polar surface area (TPSA) is 0 Å². The second-order valence-electron chi connectivity index (χ2n) is 15.1. The molecule has 0 spiro atoms. The molecule has 0 heteroatoms. The molecule has 5 aliphatic carbocycles. The van der Waals surface area contributed by atoms with E-state index in [0.717, 1.165) is 64.6 Å². The molecule has 202 valence electrons. The predicted octanol–water partition coefficient (Wildman–Crippen LogP) is 11.1. The van der Waals surface area contributed by atoms with E-state index in [9.17, 15) is 0 Å². The van der Waals surface area contributed by atoms with Crippen LogP contribution in [0.15, 0.2) is 0 Å². The second kappa shape index (κ2) is 11.8. The fourth-order valence-electron chi connectivity index (χ4n) is 10.1. The van der Waals surface area contributed by atoms with Gasteiger partial charge in [0.05, 0.1) is 0 Å². The molecule has 0 heterocycles. The Hall–Kier alpha value is 0. The number of rotatable bonds is 19.